The van der Waals surface area contributed by atoms with E-state index in [2.05, 4.69) is 5.32 Å². The number of rotatable bonds is 5. The highest BCUT2D eigenvalue weighted by Crippen LogP contribution is 2.17. The number of nitrogens with one attached hydrogen (secondary N) is 1. The zero-order valence-corrected chi connectivity index (χ0v) is 10.9. The number of carbonyl (C=O) groups excluding carboxylic acids is 1. The minimum absolute atomic E-state index is 0.00718. The molecular formula is C14H15NO2S. The zero-order chi connectivity index (χ0) is 12.8. The Balaban J connectivity index is 1.79. The van der Waals surface area contributed by atoms with Crippen LogP contribution in [0.15, 0.2) is 58.0 Å². The van der Waals surface area contributed by atoms with Gasteiger partial charge in [0.15, 0.2) is 0 Å². The van der Waals surface area contributed by atoms with E-state index in [0.29, 0.717) is 5.75 Å². The van der Waals surface area contributed by atoms with Crippen molar-refractivity contribution in [3.05, 3.63) is 54.5 Å². The van der Waals surface area contributed by atoms with E-state index in [9.17, 15) is 4.79 Å². The van der Waals surface area contributed by atoms with Gasteiger partial charge in [-0.15, -0.1) is 11.8 Å². The first kappa shape index (κ1) is 12.8. The molecular weight excluding hydrogens is 246 g/mol. The number of hydrogen-bond donors (Lipinski definition) is 1. The van der Waals surface area contributed by atoms with Gasteiger partial charge in [0, 0.05) is 4.90 Å². The van der Waals surface area contributed by atoms with Gasteiger partial charge in [-0.05, 0) is 31.2 Å². The van der Waals surface area contributed by atoms with Gasteiger partial charge in [-0.1, -0.05) is 18.2 Å². The minimum Gasteiger partial charge on any atom is -0.467 e. The van der Waals surface area contributed by atoms with Crippen LogP contribution in [0.25, 0.3) is 0 Å². The van der Waals surface area contributed by atoms with E-state index >= 15 is 0 Å². The van der Waals surface area contributed by atoms with Gasteiger partial charge >= 0.3 is 0 Å². The summed E-state index contributed by atoms with van der Waals surface area (Å²) in [7, 11) is 0. The molecule has 4 heteroatoms. The summed E-state index contributed by atoms with van der Waals surface area (Å²) in [5.41, 5.74) is 0. The molecule has 94 valence electrons. The van der Waals surface area contributed by atoms with Crippen molar-refractivity contribution in [3.63, 3.8) is 0 Å². The molecule has 3 nitrogen and oxygen atoms in total. The lowest BCUT2D eigenvalue weighted by molar-refractivity contribution is -0.119. The number of amides is 1. The minimum atomic E-state index is -0.0936. The smallest absolute Gasteiger partial charge is 0.230 e. The van der Waals surface area contributed by atoms with Gasteiger partial charge in [0.2, 0.25) is 5.91 Å². The lowest BCUT2D eigenvalue weighted by atomic mass is 10.2. The van der Waals surface area contributed by atoms with Crippen molar-refractivity contribution in [3.8, 4) is 0 Å². The third-order valence-corrected chi connectivity index (χ3v) is 3.47. The van der Waals surface area contributed by atoms with Crippen LogP contribution in [0.2, 0.25) is 0 Å². The molecule has 2 aromatic rings. The highest BCUT2D eigenvalue weighted by molar-refractivity contribution is 8.00. The van der Waals surface area contributed by atoms with Gasteiger partial charge in [-0.25, -0.2) is 0 Å². The molecule has 18 heavy (non-hydrogen) atoms. The topological polar surface area (TPSA) is 42.2 Å². The van der Waals surface area contributed by atoms with Crippen LogP contribution in [0.1, 0.15) is 18.7 Å². The average Bonchev–Trinajstić information content (AvgIpc) is 2.91. The Morgan fingerprint density at radius 2 is 2.06 bits per heavy atom. The number of furan rings is 1. The largest absolute Gasteiger partial charge is 0.467 e. The molecule has 1 atom stereocenters. The summed E-state index contributed by atoms with van der Waals surface area (Å²) < 4.78 is 5.24. The van der Waals surface area contributed by atoms with E-state index in [4.69, 9.17) is 4.42 Å². The van der Waals surface area contributed by atoms with Crippen LogP contribution in [0.3, 0.4) is 0 Å². The monoisotopic (exact) mass is 261 g/mol. The predicted octanol–water partition coefficient (Wildman–Crippen LogP) is 3.25. The van der Waals surface area contributed by atoms with Gasteiger partial charge in [-0.3, -0.25) is 4.79 Å². The number of benzene rings is 1. The molecule has 0 aliphatic carbocycles. The Morgan fingerprint density at radius 1 is 1.28 bits per heavy atom. The molecule has 0 spiro atoms. The summed E-state index contributed by atoms with van der Waals surface area (Å²) >= 11 is 1.53. The lowest BCUT2D eigenvalue weighted by Gasteiger charge is -2.11. The number of hydrogen-bond acceptors (Lipinski definition) is 3. The molecule has 0 radical (unpaired) electrons. The molecule has 1 aromatic heterocycles. The Bertz CT molecular complexity index is 482. The molecule has 0 aliphatic heterocycles. The van der Waals surface area contributed by atoms with Crippen molar-refractivity contribution in [1.29, 1.82) is 0 Å². The SMILES string of the molecule is C[C@H](NC(=O)CSc1ccccc1)c1ccco1. The molecule has 2 rings (SSSR count). The molecule has 0 fully saturated rings. The number of carbonyl (C=O) groups is 1. The standard InChI is InChI=1S/C14H15NO2S/c1-11(13-8-5-9-17-13)15-14(16)10-18-12-6-3-2-4-7-12/h2-9,11H,10H2,1H3,(H,15,16)/t11-/m0/s1. The molecule has 0 unspecified atom stereocenters. The van der Waals surface area contributed by atoms with Gasteiger partial charge in [-0.2, -0.15) is 0 Å². The maximum atomic E-state index is 11.7. The highest BCUT2D eigenvalue weighted by atomic mass is 32.2. The Kier molecular flexibility index (Phi) is 4.47. The fourth-order valence-corrected chi connectivity index (χ4v) is 2.29. The maximum absolute atomic E-state index is 11.7. The third kappa shape index (κ3) is 3.67. The van der Waals surface area contributed by atoms with Crippen LogP contribution >= 0.6 is 11.8 Å². The summed E-state index contributed by atoms with van der Waals surface area (Å²) in [6.45, 7) is 1.91. The van der Waals surface area contributed by atoms with Crippen molar-refractivity contribution in [1.82, 2.24) is 5.32 Å². The van der Waals surface area contributed by atoms with E-state index in [0.717, 1.165) is 10.7 Å². The molecule has 1 N–H and O–H groups in total. The van der Waals surface area contributed by atoms with Crippen LogP contribution in [-0.4, -0.2) is 11.7 Å². The van der Waals surface area contributed by atoms with Gasteiger partial charge < -0.3 is 9.73 Å². The molecule has 1 aromatic carbocycles. The second-order valence-electron chi connectivity index (χ2n) is 3.91. The second kappa shape index (κ2) is 6.31. The molecule has 1 heterocycles. The number of thioether (sulfide) groups is 1. The van der Waals surface area contributed by atoms with E-state index in [-0.39, 0.29) is 11.9 Å². The van der Waals surface area contributed by atoms with Gasteiger partial charge in [0.1, 0.15) is 5.76 Å². The first-order valence-electron chi connectivity index (χ1n) is 5.76. The Morgan fingerprint density at radius 3 is 2.72 bits per heavy atom. The van der Waals surface area contributed by atoms with E-state index < -0.39 is 0 Å². The van der Waals surface area contributed by atoms with E-state index in [1.54, 1.807) is 6.26 Å². The highest BCUT2D eigenvalue weighted by Gasteiger charge is 2.11. The molecule has 0 aliphatic rings. The normalized spacial score (nSPS) is 12.1. The van der Waals surface area contributed by atoms with E-state index in [1.807, 2.05) is 49.4 Å². The van der Waals surface area contributed by atoms with Crippen LogP contribution < -0.4 is 5.32 Å². The summed E-state index contributed by atoms with van der Waals surface area (Å²) in [6.07, 6.45) is 1.61. The summed E-state index contributed by atoms with van der Waals surface area (Å²) in [5.74, 6) is 1.19. The summed E-state index contributed by atoms with van der Waals surface area (Å²) in [4.78, 5) is 12.8. The van der Waals surface area contributed by atoms with Crippen LogP contribution in [0.4, 0.5) is 0 Å². The van der Waals surface area contributed by atoms with Crippen LogP contribution in [0, 0.1) is 0 Å². The fourth-order valence-electron chi connectivity index (χ4n) is 1.56. The van der Waals surface area contributed by atoms with Crippen molar-refractivity contribution in [2.24, 2.45) is 0 Å². The van der Waals surface area contributed by atoms with Crippen LogP contribution in [0.5, 0.6) is 0 Å². The third-order valence-electron chi connectivity index (χ3n) is 2.46. The first-order valence-corrected chi connectivity index (χ1v) is 6.75. The van der Waals surface area contributed by atoms with Crippen molar-refractivity contribution in [2.75, 3.05) is 5.75 Å². The van der Waals surface area contributed by atoms with Crippen molar-refractivity contribution < 1.29 is 9.21 Å². The van der Waals surface area contributed by atoms with Gasteiger partial charge in [0.05, 0.1) is 18.1 Å². The average molecular weight is 261 g/mol. The summed E-state index contributed by atoms with van der Waals surface area (Å²) in [5, 5.41) is 2.90. The quantitative estimate of drug-likeness (QED) is 0.840. The maximum Gasteiger partial charge on any atom is 0.230 e. The van der Waals surface area contributed by atoms with Gasteiger partial charge in [0.25, 0.3) is 0 Å². The molecule has 0 saturated carbocycles. The van der Waals surface area contributed by atoms with Crippen molar-refractivity contribution in [2.45, 2.75) is 17.9 Å². The second-order valence-corrected chi connectivity index (χ2v) is 4.96. The fraction of sp³-hybridized carbons (Fsp3) is 0.214. The predicted molar refractivity (Wildman–Crippen MR) is 72.4 cm³/mol. The zero-order valence-electron chi connectivity index (χ0n) is 10.1. The van der Waals surface area contributed by atoms with Crippen molar-refractivity contribution >= 4 is 17.7 Å². The summed E-state index contributed by atoms with van der Waals surface area (Å²) in [6, 6.07) is 13.5. The Labute approximate surface area is 111 Å². The van der Waals surface area contributed by atoms with Crippen LogP contribution in [-0.2, 0) is 4.79 Å². The Hall–Kier alpha value is -1.68. The molecule has 0 bridgehead atoms. The first-order chi connectivity index (χ1) is 8.75. The lowest BCUT2D eigenvalue weighted by Crippen LogP contribution is -2.27. The molecule has 1 amide bonds. The molecule has 0 saturated heterocycles. The van der Waals surface area contributed by atoms with E-state index in [1.165, 1.54) is 11.8 Å².